The van der Waals surface area contributed by atoms with Crippen LogP contribution in [0.5, 0.6) is 0 Å². The maximum Gasteiger partial charge on any atom is 0.0108 e. The van der Waals surface area contributed by atoms with Crippen molar-refractivity contribution in [3.8, 4) is 0 Å². The van der Waals surface area contributed by atoms with Crippen molar-refractivity contribution in [1.82, 2.24) is 0 Å². The van der Waals surface area contributed by atoms with Gasteiger partial charge in [0, 0.05) is 6.04 Å². The first-order valence-corrected chi connectivity index (χ1v) is 5.10. The number of hydrogen-bond donors (Lipinski definition) is 1. The Labute approximate surface area is 80.0 Å². The van der Waals surface area contributed by atoms with Gasteiger partial charge < -0.3 is 5.73 Å². The first-order chi connectivity index (χ1) is 6.29. The monoisotopic (exact) mass is 175 g/mol. The van der Waals surface area contributed by atoms with Gasteiger partial charge in [-0.25, -0.2) is 0 Å². The highest BCUT2D eigenvalue weighted by Crippen LogP contribution is 2.34. The van der Waals surface area contributed by atoms with Gasteiger partial charge in [-0.2, -0.15) is 0 Å². The smallest absolute Gasteiger partial charge is 0.0108 e. The van der Waals surface area contributed by atoms with Crippen LogP contribution in [0.4, 0.5) is 0 Å². The van der Waals surface area contributed by atoms with E-state index in [1.807, 2.05) is 0 Å². The lowest BCUT2D eigenvalue weighted by Gasteiger charge is -2.17. The fourth-order valence-corrected chi connectivity index (χ4v) is 2.38. The van der Waals surface area contributed by atoms with Gasteiger partial charge in [0.2, 0.25) is 0 Å². The molecule has 0 amide bonds. The second-order valence-corrected chi connectivity index (χ2v) is 4.06. The summed E-state index contributed by atoms with van der Waals surface area (Å²) in [6.07, 6.45) is 3.76. The molecule has 0 saturated heterocycles. The minimum absolute atomic E-state index is 0.390. The Hall–Kier alpha value is -0.820. The average molecular weight is 175 g/mol. The molecular formula is C12H17N. The van der Waals surface area contributed by atoms with Gasteiger partial charge in [0.1, 0.15) is 0 Å². The van der Waals surface area contributed by atoms with Crippen LogP contribution in [0.15, 0.2) is 24.3 Å². The minimum Gasteiger partial charge on any atom is -0.327 e. The van der Waals surface area contributed by atoms with Gasteiger partial charge in [0.05, 0.1) is 0 Å². The molecule has 2 rings (SSSR count). The molecule has 13 heavy (non-hydrogen) atoms. The van der Waals surface area contributed by atoms with Crippen molar-refractivity contribution in [1.29, 1.82) is 0 Å². The van der Waals surface area contributed by atoms with Gasteiger partial charge >= 0.3 is 0 Å². The van der Waals surface area contributed by atoms with Crippen LogP contribution in [0.1, 0.15) is 36.3 Å². The van der Waals surface area contributed by atoms with Crippen LogP contribution in [0.2, 0.25) is 0 Å². The summed E-state index contributed by atoms with van der Waals surface area (Å²) < 4.78 is 0. The van der Waals surface area contributed by atoms with Crippen molar-refractivity contribution < 1.29 is 0 Å². The van der Waals surface area contributed by atoms with Crippen LogP contribution in [0.3, 0.4) is 0 Å². The number of aryl methyl sites for hydroxylation is 1. The molecule has 0 aromatic heterocycles. The van der Waals surface area contributed by atoms with E-state index in [2.05, 4.69) is 31.2 Å². The lowest BCUT2D eigenvalue weighted by atomic mass is 9.91. The summed E-state index contributed by atoms with van der Waals surface area (Å²) in [6, 6.07) is 9.01. The fraction of sp³-hybridized carbons (Fsp3) is 0.500. The third-order valence-electron chi connectivity index (χ3n) is 3.16. The topological polar surface area (TPSA) is 26.0 Å². The maximum absolute atomic E-state index is 6.08. The molecule has 2 N–H and O–H groups in total. The highest BCUT2D eigenvalue weighted by Gasteiger charge is 2.25. The highest BCUT2D eigenvalue weighted by molar-refractivity contribution is 5.31. The number of hydrogen-bond acceptors (Lipinski definition) is 1. The maximum atomic E-state index is 6.08. The van der Waals surface area contributed by atoms with Crippen LogP contribution in [0, 0.1) is 6.92 Å². The van der Waals surface area contributed by atoms with Crippen molar-refractivity contribution >= 4 is 0 Å². The lowest BCUT2D eigenvalue weighted by Crippen LogP contribution is -2.23. The van der Waals surface area contributed by atoms with Crippen LogP contribution >= 0.6 is 0 Å². The Morgan fingerprint density at radius 3 is 2.62 bits per heavy atom. The first kappa shape index (κ1) is 8.76. The largest absolute Gasteiger partial charge is 0.327 e. The molecule has 1 aromatic carbocycles. The Bertz CT molecular complexity index is 293. The Kier molecular flexibility index (Phi) is 2.36. The second-order valence-electron chi connectivity index (χ2n) is 4.06. The van der Waals surface area contributed by atoms with E-state index < -0.39 is 0 Å². The number of nitrogens with two attached hydrogens (primary N) is 1. The van der Waals surface area contributed by atoms with E-state index in [1.54, 1.807) is 0 Å². The Morgan fingerprint density at radius 1 is 1.23 bits per heavy atom. The molecule has 1 aliphatic carbocycles. The van der Waals surface area contributed by atoms with Gasteiger partial charge in [-0.1, -0.05) is 30.7 Å². The normalized spacial score (nSPS) is 27.8. The van der Waals surface area contributed by atoms with E-state index in [0.717, 1.165) is 0 Å². The molecule has 70 valence electrons. The predicted molar refractivity (Wildman–Crippen MR) is 55.7 cm³/mol. The molecule has 0 spiro atoms. The van der Waals surface area contributed by atoms with Gasteiger partial charge in [-0.05, 0) is 36.8 Å². The number of benzene rings is 1. The van der Waals surface area contributed by atoms with Crippen LogP contribution in [-0.2, 0) is 0 Å². The van der Waals surface area contributed by atoms with Gasteiger partial charge in [-0.15, -0.1) is 0 Å². The highest BCUT2D eigenvalue weighted by atomic mass is 14.7. The predicted octanol–water partition coefficient (Wildman–Crippen LogP) is 2.59. The van der Waals surface area contributed by atoms with Crippen molar-refractivity contribution in [3.05, 3.63) is 35.4 Å². The molecule has 0 unspecified atom stereocenters. The van der Waals surface area contributed by atoms with E-state index in [4.69, 9.17) is 5.73 Å². The lowest BCUT2D eigenvalue weighted by molar-refractivity contribution is 0.610. The summed E-state index contributed by atoms with van der Waals surface area (Å²) >= 11 is 0. The molecule has 1 heteroatoms. The zero-order valence-corrected chi connectivity index (χ0v) is 8.16. The summed E-state index contributed by atoms with van der Waals surface area (Å²) in [7, 11) is 0. The summed E-state index contributed by atoms with van der Waals surface area (Å²) in [5.41, 5.74) is 8.94. The molecule has 0 heterocycles. The molecule has 1 saturated carbocycles. The minimum atomic E-state index is 0.390. The molecule has 1 aliphatic rings. The zero-order valence-electron chi connectivity index (χ0n) is 8.16. The molecule has 1 aromatic rings. The van der Waals surface area contributed by atoms with Crippen molar-refractivity contribution in [3.63, 3.8) is 0 Å². The summed E-state index contributed by atoms with van der Waals surface area (Å²) in [5.74, 6) is 0.612. The quantitative estimate of drug-likeness (QED) is 0.697. The van der Waals surface area contributed by atoms with E-state index in [0.29, 0.717) is 12.0 Å². The van der Waals surface area contributed by atoms with Gasteiger partial charge in [0.25, 0.3) is 0 Å². The standard InChI is InChI=1S/C12H17N/c1-9-5-2-3-6-10(9)11-7-4-8-12(11)13/h2-3,5-6,11-12H,4,7-8,13H2,1H3/t11-,12+/m1/s1. The van der Waals surface area contributed by atoms with Gasteiger partial charge in [0.15, 0.2) is 0 Å². The van der Waals surface area contributed by atoms with Crippen molar-refractivity contribution in [2.75, 3.05) is 0 Å². The van der Waals surface area contributed by atoms with Gasteiger partial charge in [-0.3, -0.25) is 0 Å². The Balaban J connectivity index is 2.29. The Morgan fingerprint density at radius 2 is 2.00 bits per heavy atom. The fourth-order valence-electron chi connectivity index (χ4n) is 2.38. The van der Waals surface area contributed by atoms with E-state index in [1.165, 1.54) is 30.4 Å². The zero-order chi connectivity index (χ0) is 9.26. The molecule has 0 aliphatic heterocycles. The van der Waals surface area contributed by atoms with E-state index in [-0.39, 0.29) is 0 Å². The first-order valence-electron chi connectivity index (χ1n) is 5.10. The SMILES string of the molecule is Cc1ccccc1[C@H]1CCC[C@@H]1N. The van der Waals surface area contributed by atoms with E-state index in [9.17, 15) is 0 Å². The molecule has 2 atom stereocenters. The number of rotatable bonds is 1. The average Bonchev–Trinajstić information content (AvgIpc) is 2.52. The van der Waals surface area contributed by atoms with Crippen LogP contribution in [-0.4, -0.2) is 6.04 Å². The molecule has 0 radical (unpaired) electrons. The van der Waals surface area contributed by atoms with E-state index >= 15 is 0 Å². The summed E-state index contributed by atoms with van der Waals surface area (Å²) in [6.45, 7) is 2.18. The third kappa shape index (κ3) is 1.61. The molecule has 0 bridgehead atoms. The van der Waals surface area contributed by atoms with Crippen LogP contribution in [0.25, 0.3) is 0 Å². The molecule has 1 fully saturated rings. The summed E-state index contributed by atoms with van der Waals surface area (Å²) in [5, 5.41) is 0. The third-order valence-corrected chi connectivity index (χ3v) is 3.16. The van der Waals surface area contributed by atoms with Crippen LogP contribution < -0.4 is 5.73 Å². The second kappa shape index (κ2) is 3.51. The molecule has 1 nitrogen and oxygen atoms in total. The van der Waals surface area contributed by atoms with Crippen molar-refractivity contribution in [2.45, 2.75) is 38.1 Å². The summed E-state index contributed by atoms with van der Waals surface area (Å²) in [4.78, 5) is 0. The van der Waals surface area contributed by atoms with Crippen molar-refractivity contribution in [2.24, 2.45) is 5.73 Å². The molecular weight excluding hydrogens is 158 g/mol.